The maximum atomic E-state index is 11.4. The zero-order valence-electron chi connectivity index (χ0n) is 9.46. The molecule has 17 heavy (non-hydrogen) atoms. The van der Waals surface area contributed by atoms with Crippen LogP contribution in [-0.2, 0) is 4.74 Å². The number of hydrogen-bond donors (Lipinski definition) is 0. The molecule has 1 aromatic rings. The number of rotatable bonds is 5. The van der Waals surface area contributed by atoms with Crippen molar-refractivity contribution in [2.24, 2.45) is 0 Å². The Balaban J connectivity index is 2.60. The molecule has 0 aliphatic heterocycles. The minimum atomic E-state index is -0.521. The Morgan fingerprint density at radius 2 is 2.06 bits per heavy atom. The number of allylic oxidation sites excluding steroid dienone is 1. The summed E-state index contributed by atoms with van der Waals surface area (Å²) in [6.07, 6.45) is 4.91. The molecule has 0 atom stereocenters. The molecule has 1 rings (SSSR count). The van der Waals surface area contributed by atoms with Gasteiger partial charge in [0.1, 0.15) is 0 Å². The number of hydrogen-bond acceptors (Lipinski definition) is 4. The van der Waals surface area contributed by atoms with Crippen LogP contribution in [0, 0.1) is 10.1 Å². The molecule has 0 unspecified atom stereocenters. The fourth-order valence-electron chi connectivity index (χ4n) is 1.13. The minimum absolute atomic E-state index is 0.0527. The quantitative estimate of drug-likeness (QED) is 0.340. The van der Waals surface area contributed by atoms with Crippen LogP contribution in [0.4, 0.5) is 5.69 Å². The number of benzene rings is 1. The number of nitro benzene ring substituents is 1. The van der Waals surface area contributed by atoms with Crippen molar-refractivity contribution in [3.05, 3.63) is 52.3 Å². The Kier molecular flexibility index (Phi) is 4.87. The predicted octanol–water partition coefficient (Wildman–Crippen LogP) is 3.07. The number of carbonyl (C=O) groups is 1. The van der Waals surface area contributed by atoms with Crippen LogP contribution in [0.15, 0.2) is 36.6 Å². The number of carbonyl (C=O) groups excluding carboxylic acids is 1. The first-order chi connectivity index (χ1) is 8.15. The van der Waals surface area contributed by atoms with E-state index in [2.05, 4.69) is 0 Å². The van der Waals surface area contributed by atoms with E-state index in [4.69, 9.17) is 4.74 Å². The van der Waals surface area contributed by atoms with Gasteiger partial charge in [0.25, 0.3) is 5.69 Å². The first kappa shape index (κ1) is 12.9. The molecule has 0 aromatic heterocycles. The Morgan fingerprint density at radius 1 is 1.41 bits per heavy atom. The Labute approximate surface area is 98.9 Å². The van der Waals surface area contributed by atoms with Crippen molar-refractivity contribution in [2.45, 2.75) is 19.8 Å². The fourth-order valence-corrected chi connectivity index (χ4v) is 1.13. The molecule has 5 heteroatoms. The SMILES string of the molecule is CCC/C=C/OC(=O)c1ccc([N+](=O)[O-])cc1. The van der Waals surface area contributed by atoms with Crippen LogP contribution in [0.2, 0.25) is 0 Å². The summed E-state index contributed by atoms with van der Waals surface area (Å²) in [5, 5.41) is 10.4. The first-order valence-electron chi connectivity index (χ1n) is 5.25. The Morgan fingerprint density at radius 3 is 2.59 bits per heavy atom. The Bertz CT molecular complexity index is 423. The second-order valence-electron chi connectivity index (χ2n) is 3.37. The smallest absolute Gasteiger partial charge is 0.342 e. The zero-order chi connectivity index (χ0) is 12.7. The standard InChI is InChI=1S/C12H13NO4/c1-2-3-4-9-17-12(14)10-5-7-11(8-6-10)13(15)16/h4-9H,2-3H2,1H3/b9-4+. The summed E-state index contributed by atoms with van der Waals surface area (Å²) in [4.78, 5) is 21.3. The first-order valence-corrected chi connectivity index (χ1v) is 5.25. The van der Waals surface area contributed by atoms with E-state index in [0.29, 0.717) is 0 Å². The van der Waals surface area contributed by atoms with Crippen LogP contribution < -0.4 is 0 Å². The highest BCUT2D eigenvalue weighted by Crippen LogP contribution is 2.12. The molecule has 1 aromatic carbocycles. The molecule has 0 saturated heterocycles. The lowest BCUT2D eigenvalue weighted by Crippen LogP contribution is -2.00. The third-order valence-corrected chi connectivity index (χ3v) is 2.04. The van der Waals surface area contributed by atoms with Gasteiger partial charge in [0.15, 0.2) is 0 Å². The van der Waals surface area contributed by atoms with Crippen LogP contribution in [0.5, 0.6) is 0 Å². The van der Waals surface area contributed by atoms with Crippen molar-refractivity contribution in [1.82, 2.24) is 0 Å². The topological polar surface area (TPSA) is 69.4 Å². The van der Waals surface area contributed by atoms with Gasteiger partial charge in [0, 0.05) is 12.1 Å². The van der Waals surface area contributed by atoms with Crippen LogP contribution in [0.3, 0.4) is 0 Å². The van der Waals surface area contributed by atoms with Gasteiger partial charge < -0.3 is 4.74 Å². The number of nitrogens with zero attached hydrogens (tertiary/aromatic N) is 1. The summed E-state index contributed by atoms with van der Waals surface area (Å²) in [5.74, 6) is -0.521. The molecule has 0 spiro atoms. The minimum Gasteiger partial charge on any atom is -0.431 e. The van der Waals surface area contributed by atoms with Gasteiger partial charge >= 0.3 is 5.97 Å². The van der Waals surface area contributed by atoms with Crippen molar-refractivity contribution in [3.8, 4) is 0 Å². The second-order valence-corrected chi connectivity index (χ2v) is 3.37. The van der Waals surface area contributed by atoms with E-state index in [-0.39, 0.29) is 11.3 Å². The van der Waals surface area contributed by atoms with Gasteiger partial charge in [-0.1, -0.05) is 13.3 Å². The van der Waals surface area contributed by atoms with Crippen molar-refractivity contribution < 1.29 is 14.5 Å². The average molecular weight is 235 g/mol. The molecule has 5 nitrogen and oxygen atoms in total. The van der Waals surface area contributed by atoms with Crippen molar-refractivity contribution >= 4 is 11.7 Å². The van der Waals surface area contributed by atoms with E-state index >= 15 is 0 Å². The summed E-state index contributed by atoms with van der Waals surface area (Å²) in [7, 11) is 0. The molecule has 0 amide bonds. The van der Waals surface area contributed by atoms with E-state index in [9.17, 15) is 14.9 Å². The lowest BCUT2D eigenvalue weighted by molar-refractivity contribution is -0.384. The molecular weight excluding hydrogens is 222 g/mol. The molecule has 0 heterocycles. The highest BCUT2D eigenvalue weighted by molar-refractivity contribution is 5.90. The monoisotopic (exact) mass is 235 g/mol. The largest absolute Gasteiger partial charge is 0.431 e. The third-order valence-electron chi connectivity index (χ3n) is 2.04. The predicted molar refractivity (Wildman–Crippen MR) is 62.6 cm³/mol. The van der Waals surface area contributed by atoms with E-state index < -0.39 is 10.9 Å². The van der Waals surface area contributed by atoms with E-state index in [1.807, 2.05) is 6.92 Å². The Hall–Kier alpha value is -2.17. The van der Waals surface area contributed by atoms with Crippen LogP contribution in [0.25, 0.3) is 0 Å². The van der Waals surface area contributed by atoms with Crippen molar-refractivity contribution in [3.63, 3.8) is 0 Å². The van der Waals surface area contributed by atoms with E-state index in [1.54, 1.807) is 6.08 Å². The van der Waals surface area contributed by atoms with Gasteiger partial charge in [-0.2, -0.15) is 0 Å². The molecule has 0 aliphatic rings. The summed E-state index contributed by atoms with van der Waals surface area (Å²) >= 11 is 0. The third kappa shape index (κ3) is 4.06. The number of unbranched alkanes of at least 4 members (excludes halogenated alkanes) is 1. The van der Waals surface area contributed by atoms with Crippen molar-refractivity contribution in [1.29, 1.82) is 0 Å². The lowest BCUT2D eigenvalue weighted by Gasteiger charge is -1.98. The highest BCUT2D eigenvalue weighted by atomic mass is 16.6. The molecule has 0 N–H and O–H groups in total. The fraction of sp³-hybridized carbons (Fsp3) is 0.250. The molecule has 0 bridgehead atoms. The summed E-state index contributed by atoms with van der Waals surface area (Å²) < 4.78 is 4.84. The molecule has 0 saturated carbocycles. The molecular formula is C12H13NO4. The highest BCUT2D eigenvalue weighted by Gasteiger charge is 2.09. The summed E-state index contributed by atoms with van der Waals surface area (Å²) in [6, 6.07) is 5.28. The van der Waals surface area contributed by atoms with Gasteiger partial charge in [-0.15, -0.1) is 0 Å². The van der Waals surface area contributed by atoms with Gasteiger partial charge in [0.05, 0.1) is 16.7 Å². The van der Waals surface area contributed by atoms with Crippen molar-refractivity contribution in [2.75, 3.05) is 0 Å². The number of ether oxygens (including phenoxy) is 1. The number of esters is 1. The van der Waals surface area contributed by atoms with Gasteiger partial charge in [-0.05, 0) is 24.6 Å². The zero-order valence-corrected chi connectivity index (χ0v) is 9.46. The second kappa shape index (κ2) is 6.42. The normalized spacial score (nSPS) is 10.4. The van der Waals surface area contributed by atoms with Crippen LogP contribution in [-0.4, -0.2) is 10.9 Å². The summed E-state index contributed by atoms with van der Waals surface area (Å²) in [5.41, 5.74) is 0.236. The maximum Gasteiger partial charge on any atom is 0.342 e. The van der Waals surface area contributed by atoms with E-state index in [1.165, 1.54) is 30.5 Å². The van der Waals surface area contributed by atoms with Gasteiger partial charge in [-0.25, -0.2) is 4.79 Å². The molecule has 0 radical (unpaired) electrons. The number of non-ortho nitro benzene ring substituents is 1. The lowest BCUT2D eigenvalue weighted by atomic mass is 10.2. The van der Waals surface area contributed by atoms with Crippen LogP contribution >= 0.6 is 0 Å². The maximum absolute atomic E-state index is 11.4. The van der Waals surface area contributed by atoms with E-state index in [0.717, 1.165) is 12.8 Å². The van der Waals surface area contributed by atoms with Crippen LogP contribution in [0.1, 0.15) is 30.1 Å². The molecule has 0 aliphatic carbocycles. The van der Waals surface area contributed by atoms with Gasteiger partial charge in [-0.3, -0.25) is 10.1 Å². The number of nitro groups is 1. The summed E-state index contributed by atoms with van der Waals surface area (Å²) in [6.45, 7) is 2.02. The molecule has 90 valence electrons. The average Bonchev–Trinajstić information content (AvgIpc) is 2.34. The molecule has 0 fully saturated rings. The van der Waals surface area contributed by atoms with Gasteiger partial charge in [0.2, 0.25) is 0 Å².